The number of anilines is 3. The number of nitro groups is 1. The van der Waals surface area contributed by atoms with E-state index in [0.717, 1.165) is 6.26 Å². The first-order valence-corrected chi connectivity index (χ1v) is 10.1. The summed E-state index contributed by atoms with van der Waals surface area (Å²) in [5.41, 5.74) is 0.685. The quantitative estimate of drug-likeness (QED) is 0.548. The summed E-state index contributed by atoms with van der Waals surface area (Å²) < 4.78 is 23.6. The van der Waals surface area contributed by atoms with Gasteiger partial charge in [-0.05, 0) is 42.3 Å². The van der Waals surface area contributed by atoms with Gasteiger partial charge in [-0.3, -0.25) is 14.9 Å². The topological polar surface area (TPSA) is 118 Å². The minimum atomic E-state index is -3.75. The molecule has 2 rings (SSSR count). The molecule has 0 bridgehead atoms. The number of hydrogen-bond donors (Lipinski definition) is 2. The smallest absolute Gasteiger partial charge is 0.311 e. The molecule has 0 radical (unpaired) electrons. The van der Waals surface area contributed by atoms with Crippen molar-refractivity contribution in [2.75, 3.05) is 16.9 Å². The number of sulfone groups is 1. The lowest BCUT2D eigenvalue weighted by molar-refractivity contribution is -0.386. The second kappa shape index (κ2) is 8.17. The second-order valence-electron chi connectivity index (χ2n) is 6.53. The number of hydrogen-bond acceptors (Lipinski definition) is 6. The highest BCUT2D eigenvalue weighted by Crippen LogP contribution is 2.34. The highest BCUT2D eigenvalue weighted by atomic mass is 32.2. The number of carbonyl (C=O) groups excluding carboxylic acids is 1. The van der Waals surface area contributed by atoms with E-state index in [0.29, 0.717) is 17.8 Å². The van der Waals surface area contributed by atoms with Crippen LogP contribution < -0.4 is 10.6 Å². The number of benzene rings is 2. The molecule has 8 nitrogen and oxygen atoms in total. The van der Waals surface area contributed by atoms with Crippen LogP contribution in [-0.4, -0.2) is 25.5 Å². The summed E-state index contributed by atoms with van der Waals surface area (Å²) >= 11 is 0. The summed E-state index contributed by atoms with van der Waals surface area (Å²) in [5.74, 6) is 0.149. The molecule has 2 N–H and O–H groups in total. The monoisotopic (exact) mass is 391 g/mol. The highest BCUT2D eigenvalue weighted by Gasteiger charge is 2.26. The zero-order chi connectivity index (χ0) is 20.2. The van der Waals surface area contributed by atoms with Crippen LogP contribution in [0.1, 0.15) is 20.3 Å². The molecule has 9 heteroatoms. The van der Waals surface area contributed by atoms with Crippen molar-refractivity contribution in [1.82, 2.24) is 0 Å². The fraction of sp³-hybridized carbons (Fsp3) is 0.278. The summed E-state index contributed by atoms with van der Waals surface area (Å²) in [4.78, 5) is 22.1. The molecule has 0 fully saturated rings. The molecule has 27 heavy (non-hydrogen) atoms. The lowest BCUT2D eigenvalue weighted by atomic mass is 10.1. The van der Waals surface area contributed by atoms with Gasteiger partial charge in [-0.25, -0.2) is 8.42 Å². The molecular formula is C18H21N3O5S. The summed E-state index contributed by atoms with van der Waals surface area (Å²) in [6.07, 6.45) is 1.33. The van der Waals surface area contributed by atoms with Gasteiger partial charge in [0.1, 0.15) is 10.6 Å². The van der Waals surface area contributed by atoms with Crippen molar-refractivity contribution in [3.8, 4) is 0 Å². The Hall–Kier alpha value is -2.94. The van der Waals surface area contributed by atoms with Crippen molar-refractivity contribution >= 4 is 38.5 Å². The Bertz CT molecular complexity index is 953. The maximum absolute atomic E-state index is 11.8. The van der Waals surface area contributed by atoms with Crippen LogP contribution in [-0.2, 0) is 14.6 Å². The zero-order valence-corrected chi connectivity index (χ0v) is 16.0. The van der Waals surface area contributed by atoms with E-state index in [2.05, 4.69) is 10.6 Å². The SMILES string of the molecule is CC(C)CC(=O)Nc1ccc(Nc2cccc(S(C)(=O)=O)c2[N+](=O)[O-])cc1. The molecule has 0 aromatic heterocycles. The van der Waals surface area contributed by atoms with Crippen LogP contribution in [0.2, 0.25) is 0 Å². The maximum Gasteiger partial charge on any atom is 0.311 e. The Kier molecular flexibility index (Phi) is 6.17. The van der Waals surface area contributed by atoms with E-state index < -0.39 is 20.4 Å². The fourth-order valence-electron chi connectivity index (χ4n) is 2.49. The van der Waals surface area contributed by atoms with Crippen molar-refractivity contribution in [1.29, 1.82) is 0 Å². The summed E-state index contributed by atoms with van der Waals surface area (Å²) in [6, 6.07) is 10.7. The average molecular weight is 391 g/mol. The van der Waals surface area contributed by atoms with E-state index in [1.165, 1.54) is 18.2 Å². The van der Waals surface area contributed by atoms with E-state index in [-0.39, 0.29) is 22.4 Å². The lowest BCUT2D eigenvalue weighted by Gasteiger charge is -2.11. The Morgan fingerprint density at radius 2 is 1.70 bits per heavy atom. The summed E-state index contributed by atoms with van der Waals surface area (Å²) in [6.45, 7) is 3.90. The predicted molar refractivity (Wildman–Crippen MR) is 104 cm³/mol. The zero-order valence-electron chi connectivity index (χ0n) is 15.2. The molecule has 0 heterocycles. The van der Waals surface area contributed by atoms with Gasteiger partial charge >= 0.3 is 5.69 Å². The van der Waals surface area contributed by atoms with E-state index >= 15 is 0 Å². The number of amides is 1. The molecule has 0 aliphatic carbocycles. The van der Waals surface area contributed by atoms with Crippen molar-refractivity contribution < 1.29 is 18.1 Å². The van der Waals surface area contributed by atoms with Crippen molar-refractivity contribution in [3.05, 3.63) is 52.6 Å². The lowest BCUT2D eigenvalue weighted by Crippen LogP contribution is -2.13. The molecule has 2 aromatic carbocycles. The molecule has 0 aliphatic rings. The first kappa shape index (κ1) is 20.4. The maximum atomic E-state index is 11.8. The number of nitrogens with zero attached hydrogens (tertiary/aromatic N) is 1. The number of para-hydroxylation sites is 1. The molecule has 0 saturated carbocycles. The van der Waals surface area contributed by atoms with Crippen LogP contribution in [0, 0.1) is 16.0 Å². The first-order chi connectivity index (χ1) is 12.6. The van der Waals surface area contributed by atoms with Gasteiger partial charge in [0.05, 0.1) is 4.92 Å². The Labute approximate surface area is 157 Å². The number of nitrogens with one attached hydrogen (secondary N) is 2. The van der Waals surface area contributed by atoms with Crippen molar-refractivity contribution in [3.63, 3.8) is 0 Å². The largest absolute Gasteiger partial charge is 0.350 e. The third kappa shape index (κ3) is 5.52. The van der Waals surface area contributed by atoms with Gasteiger partial charge in [0.15, 0.2) is 9.84 Å². The molecule has 0 aliphatic heterocycles. The Morgan fingerprint density at radius 1 is 1.11 bits per heavy atom. The molecule has 0 unspecified atom stereocenters. The van der Waals surface area contributed by atoms with E-state index in [1.807, 2.05) is 13.8 Å². The third-order valence-electron chi connectivity index (χ3n) is 3.62. The second-order valence-corrected chi connectivity index (χ2v) is 8.51. The first-order valence-electron chi connectivity index (χ1n) is 8.22. The van der Waals surface area contributed by atoms with Crippen molar-refractivity contribution in [2.24, 2.45) is 5.92 Å². The summed E-state index contributed by atoms with van der Waals surface area (Å²) in [5, 5.41) is 17.0. The van der Waals surface area contributed by atoms with Gasteiger partial charge in [0.2, 0.25) is 5.91 Å². The van der Waals surface area contributed by atoms with E-state index in [4.69, 9.17) is 0 Å². The predicted octanol–water partition coefficient (Wildman–Crippen LogP) is 3.73. The number of carbonyl (C=O) groups is 1. The molecule has 0 atom stereocenters. The van der Waals surface area contributed by atoms with Crippen LogP contribution in [0.3, 0.4) is 0 Å². The number of nitro benzene ring substituents is 1. The minimum Gasteiger partial charge on any atom is -0.350 e. The molecule has 1 amide bonds. The highest BCUT2D eigenvalue weighted by molar-refractivity contribution is 7.90. The van der Waals surface area contributed by atoms with Gasteiger partial charge in [0, 0.05) is 24.1 Å². The van der Waals surface area contributed by atoms with E-state index in [9.17, 15) is 23.3 Å². The number of rotatable bonds is 7. The Balaban J connectivity index is 2.25. The van der Waals surface area contributed by atoms with Gasteiger partial charge in [0.25, 0.3) is 0 Å². The van der Waals surface area contributed by atoms with Gasteiger partial charge in [-0.15, -0.1) is 0 Å². The average Bonchev–Trinajstić information content (AvgIpc) is 2.54. The van der Waals surface area contributed by atoms with Gasteiger partial charge in [-0.1, -0.05) is 19.9 Å². The van der Waals surface area contributed by atoms with Crippen LogP contribution >= 0.6 is 0 Å². The van der Waals surface area contributed by atoms with E-state index in [1.54, 1.807) is 24.3 Å². The van der Waals surface area contributed by atoms with Gasteiger partial charge in [-0.2, -0.15) is 0 Å². The molecule has 2 aromatic rings. The normalized spacial score (nSPS) is 11.3. The molecular weight excluding hydrogens is 370 g/mol. The van der Waals surface area contributed by atoms with Crippen LogP contribution in [0.15, 0.2) is 47.4 Å². The van der Waals surface area contributed by atoms with Gasteiger partial charge < -0.3 is 10.6 Å². The molecule has 0 spiro atoms. The Morgan fingerprint density at radius 3 is 2.22 bits per heavy atom. The fourth-order valence-corrected chi connectivity index (χ4v) is 3.35. The van der Waals surface area contributed by atoms with Crippen molar-refractivity contribution in [2.45, 2.75) is 25.2 Å². The standard InChI is InChI=1S/C18H21N3O5S/c1-12(2)11-17(22)20-14-9-7-13(8-10-14)19-15-5-4-6-16(27(3,25)26)18(15)21(23)24/h4-10,12,19H,11H2,1-3H3,(H,20,22). The van der Waals surface area contributed by atoms with Crippen LogP contribution in [0.5, 0.6) is 0 Å². The summed E-state index contributed by atoms with van der Waals surface area (Å²) in [7, 11) is -3.75. The minimum absolute atomic E-state index is 0.0690. The molecule has 0 saturated heterocycles. The van der Waals surface area contributed by atoms with Crippen LogP contribution in [0.4, 0.5) is 22.7 Å². The van der Waals surface area contributed by atoms with Crippen LogP contribution in [0.25, 0.3) is 0 Å². The third-order valence-corrected chi connectivity index (χ3v) is 4.75. The molecule has 144 valence electrons.